The molecule has 1 N–H and O–H groups in total. The number of nitrogens with one attached hydrogen (secondary N) is 1. The van der Waals surface area contributed by atoms with Crippen LogP contribution in [0.15, 0.2) is 42.6 Å². The largest absolute Gasteiger partial charge is 0.418 e. The molecule has 1 aliphatic rings. The van der Waals surface area contributed by atoms with Gasteiger partial charge in [0, 0.05) is 26.2 Å². The number of carbonyl (C=O) groups excluding carboxylic acids is 1. The van der Waals surface area contributed by atoms with Crippen LogP contribution in [0.4, 0.5) is 24.5 Å². The number of likely N-dealkylation sites (N-methyl/N-ethyl adjacent to an activating group) is 1. The minimum atomic E-state index is -4.45. The molecule has 2 heterocycles. The quantitative estimate of drug-likeness (QED) is 0.883. The molecule has 3 rings (SSSR count). The summed E-state index contributed by atoms with van der Waals surface area (Å²) in [4.78, 5) is 20.7. The molecular weight excluding hydrogens is 357 g/mol. The maximum atomic E-state index is 13.1. The van der Waals surface area contributed by atoms with Crippen molar-refractivity contribution in [3.05, 3.63) is 53.9 Å². The molecule has 0 unspecified atom stereocenters. The summed E-state index contributed by atoms with van der Waals surface area (Å²) in [5, 5.41) is 2.72. The lowest BCUT2D eigenvalue weighted by molar-refractivity contribution is -0.136. The van der Waals surface area contributed by atoms with Gasteiger partial charge in [-0.25, -0.2) is 4.98 Å². The maximum Gasteiger partial charge on any atom is 0.418 e. The van der Waals surface area contributed by atoms with Crippen molar-refractivity contribution >= 4 is 17.3 Å². The van der Waals surface area contributed by atoms with Crippen LogP contribution < -0.4 is 5.32 Å². The summed E-state index contributed by atoms with van der Waals surface area (Å²) in [6, 6.07) is 8.34. The van der Waals surface area contributed by atoms with Crippen LogP contribution in [0.25, 0.3) is 0 Å². The molecule has 0 aliphatic carbocycles. The van der Waals surface area contributed by atoms with Crippen molar-refractivity contribution in [3.8, 4) is 0 Å². The minimum Gasteiger partial charge on any atom is -0.354 e. The lowest BCUT2D eigenvalue weighted by Crippen LogP contribution is -2.48. The number of hydrogen-bond donors (Lipinski definition) is 1. The molecule has 0 bridgehead atoms. The highest BCUT2D eigenvalue weighted by atomic mass is 19.4. The molecule has 1 amide bonds. The summed E-state index contributed by atoms with van der Waals surface area (Å²) in [5.74, 6) is -0.159. The van der Waals surface area contributed by atoms with Gasteiger partial charge in [-0.15, -0.1) is 0 Å². The Morgan fingerprint density at radius 2 is 1.81 bits per heavy atom. The van der Waals surface area contributed by atoms with E-state index in [0.717, 1.165) is 25.7 Å². The predicted molar refractivity (Wildman–Crippen MR) is 97.0 cm³/mol. The Hall–Kier alpha value is -2.61. The Bertz CT molecular complexity index is 784. The smallest absolute Gasteiger partial charge is 0.354 e. The van der Waals surface area contributed by atoms with Gasteiger partial charge in [-0.2, -0.15) is 13.2 Å². The molecule has 0 saturated carbocycles. The second kappa shape index (κ2) is 7.96. The molecule has 1 aromatic carbocycles. The normalized spacial score (nSPS) is 15.6. The van der Waals surface area contributed by atoms with Crippen molar-refractivity contribution in [1.29, 1.82) is 0 Å². The fourth-order valence-electron chi connectivity index (χ4n) is 3.02. The fourth-order valence-corrected chi connectivity index (χ4v) is 3.02. The standard InChI is InChI=1S/C19H21F3N4O/c1-2-25-9-11-26(12-10-25)18(27)17-8-7-14(13-23-17)24-16-6-4-3-5-15(16)19(20,21)22/h3-8,13,24H,2,9-12H2,1H3. The van der Waals surface area contributed by atoms with Crippen LogP contribution in [0.1, 0.15) is 23.0 Å². The van der Waals surface area contributed by atoms with E-state index in [4.69, 9.17) is 0 Å². The number of halogens is 3. The first kappa shape index (κ1) is 19.2. The molecule has 2 aromatic rings. The van der Waals surface area contributed by atoms with Crippen LogP contribution in [0.3, 0.4) is 0 Å². The second-order valence-electron chi connectivity index (χ2n) is 6.33. The highest BCUT2D eigenvalue weighted by Gasteiger charge is 2.33. The molecule has 144 valence electrons. The lowest BCUT2D eigenvalue weighted by Gasteiger charge is -2.33. The second-order valence-corrected chi connectivity index (χ2v) is 6.33. The van der Waals surface area contributed by atoms with Gasteiger partial charge < -0.3 is 15.1 Å². The number of benzene rings is 1. The van der Waals surface area contributed by atoms with Gasteiger partial charge in [-0.1, -0.05) is 19.1 Å². The molecular formula is C19H21F3N4O. The number of para-hydroxylation sites is 1. The zero-order valence-electron chi connectivity index (χ0n) is 15.0. The van der Waals surface area contributed by atoms with Crippen LogP contribution in [-0.4, -0.2) is 53.4 Å². The highest BCUT2D eigenvalue weighted by Crippen LogP contribution is 2.35. The summed E-state index contributed by atoms with van der Waals surface area (Å²) >= 11 is 0. The Labute approximate surface area is 155 Å². The molecule has 0 atom stereocenters. The molecule has 1 aromatic heterocycles. The van der Waals surface area contributed by atoms with Crippen LogP contribution in [-0.2, 0) is 6.18 Å². The van der Waals surface area contributed by atoms with Gasteiger partial charge >= 0.3 is 6.18 Å². The van der Waals surface area contributed by atoms with E-state index >= 15 is 0 Å². The number of rotatable bonds is 4. The Kier molecular flexibility index (Phi) is 5.65. The zero-order valence-corrected chi connectivity index (χ0v) is 15.0. The van der Waals surface area contributed by atoms with E-state index < -0.39 is 11.7 Å². The molecule has 0 radical (unpaired) electrons. The van der Waals surface area contributed by atoms with Crippen LogP contribution in [0.2, 0.25) is 0 Å². The summed E-state index contributed by atoms with van der Waals surface area (Å²) in [7, 11) is 0. The number of pyridine rings is 1. The summed E-state index contributed by atoms with van der Waals surface area (Å²) in [6.45, 7) is 5.99. The molecule has 1 aliphatic heterocycles. The zero-order chi connectivity index (χ0) is 19.4. The first-order valence-corrected chi connectivity index (χ1v) is 8.79. The fraction of sp³-hybridized carbons (Fsp3) is 0.368. The number of amides is 1. The Balaban J connectivity index is 1.69. The van der Waals surface area contributed by atoms with E-state index in [-0.39, 0.29) is 17.3 Å². The van der Waals surface area contributed by atoms with Crippen molar-refractivity contribution in [1.82, 2.24) is 14.8 Å². The van der Waals surface area contributed by atoms with Gasteiger partial charge in [-0.3, -0.25) is 4.79 Å². The first-order chi connectivity index (χ1) is 12.9. The third kappa shape index (κ3) is 4.57. The first-order valence-electron chi connectivity index (χ1n) is 8.79. The van der Waals surface area contributed by atoms with E-state index in [9.17, 15) is 18.0 Å². The number of carbonyl (C=O) groups is 1. The number of alkyl halides is 3. The van der Waals surface area contributed by atoms with Crippen LogP contribution in [0.5, 0.6) is 0 Å². The Morgan fingerprint density at radius 1 is 1.11 bits per heavy atom. The maximum absolute atomic E-state index is 13.1. The monoisotopic (exact) mass is 378 g/mol. The summed E-state index contributed by atoms with van der Waals surface area (Å²) in [6.07, 6.45) is -3.07. The molecule has 8 heteroatoms. The number of nitrogens with zero attached hydrogens (tertiary/aromatic N) is 3. The number of anilines is 2. The van der Waals surface area contributed by atoms with Crippen molar-refractivity contribution in [2.24, 2.45) is 0 Å². The van der Waals surface area contributed by atoms with Gasteiger partial charge in [0.05, 0.1) is 23.1 Å². The van der Waals surface area contributed by atoms with Gasteiger partial charge in [0.25, 0.3) is 5.91 Å². The van der Waals surface area contributed by atoms with Gasteiger partial charge in [0.2, 0.25) is 0 Å². The van der Waals surface area contributed by atoms with E-state index in [1.165, 1.54) is 30.5 Å². The molecule has 1 saturated heterocycles. The topological polar surface area (TPSA) is 48.5 Å². The van der Waals surface area contributed by atoms with Crippen molar-refractivity contribution in [2.45, 2.75) is 13.1 Å². The van der Waals surface area contributed by atoms with Crippen LogP contribution >= 0.6 is 0 Å². The van der Waals surface area contributed by atoms with Gasteiger partial charge in [0.15, 0.2) is 0 Å². The molecule has 1 fully saturated rings. The molecule has 27 heavy (non-hydrogen) atoms. The highest BCUT2D eigenvalue weighted by molar-refractivity contribution is 5.92. The SMILES string of the molecule is CCN1CCN(C(=O)c2ccc(Nc3ccccc3C(F)(F)F)cn2)CC1. The Morgan fingerprint density at radius 3 is 2.41 bits per heavy atom. The van der Waals surface area contributed by atoms with Gasteiger partial charge in [-0.05, 0) is 30.8 Å². The third-order valence-electron chi connectivity index (χ3n) is 4.60. The van der Waals surface area contributed by atoms with Crippen molar-refractivity contribution in [3.63, 3.8) is 0 Å². The van der Waals surface area contributed by atoms with Gasteiger partial charge in [0.1, 0.15) is 5.69 Å². The number of hydrogen-bond acceptors (Lipinski definition) is 4. The average molecular weight is 378 g/mol. The average Bonchev–Trinajstić information content (AvgIpc) is 2.68. The van der Waals surface area contributed by atoms with Crippen LogP contribution in [0, 0.1) is 0 Å². The number of piperazine rings is 1. The molecule has 5 nitrogen and oxygen atoms in total. The summed E-state index contributed by atoms with van der Waals surface area (Å²) in [5.41, 5.74) is -0.130. The predicted octanol–water partition coefficient (Wildman–Crippen LogP) is 3.62. The molecule has 0 spiro atoms. The van der Waals surface area contributed by atoms with E-state index in [0.29, 0.717) is 18.8 Å². The van der Waals surface area contributed by atoms with E-state index in [1.807, 2.05) is 0 Å². The van der Waals surface area contributed by atoms with Crippen molar-refractivity contribution in [2.75, 3.05) is 38.0 Å². The van der Waals surface area contributed by atoms with E-state index in [2.05, 4.69) is 22.1 Å². The number of aromatic nitrogens is 1. The third-order valence-corrected chi connectivity index (χ3v) is 4.60. The lowest BCUT2D eigenvalue weighted by atomic mass is 10.1. The minimum absolute atomic E-state index is 0.0541. The summed E-state index contributed by atoms with van der Waals surface area (Å²) < 4.78 is 39.2. The van der Waals surface area contributed by atoms with Crippen molar-refractivity contribution < 1.29 is 18.0 Å². The van der Waals surface area contributed by atoms with E-state index in [1.54, 1.807) is 11.0 Å².